The number of piperidine rings is 1. The maximum atomic E-state index is 12.9. The van der Waals surface area contributed by atoms with Gasteiger partial charge in [-0.15, -0.1) is 0 Å². The maximum absolute atomic E-state index is 12.9. The van der Waals surface area contributed by atoms with Crippen molar-refractivity contribution in [1.82, 2.24) is 25.1 Å². The van der Waals surface area contributed by atoms with Gasteiger partial charge in [0, 0.05) is 26.0 Å². The molecule has 2 aromatic rings. The van der Waals surface area contributed by atoms with Crippen molar-refractivity contribution >= 4 is 5.91 Å². The van der Waals surface area contributed by atoms with Crippen LogP contribution in [0.2, 0.25) is 0 Å². The van der Waals surface area contributed by atoms with Gasteiger partial charge in [-0.2, -0.15) is 5.10 Å². The average Bonchev–Trinajstić information content (AvgIpc) is 3.03. The van der Waals surface area contributed by atoms with Crippen molar-refractivity contribution in [2.24, 2.45) is 0 Å². The van der Waals surface area contributed by atoms with Crippen LogP contribution < -0.4 is 0 Å². The topological polar surface area (TPSA) is 84.0 Å². The molecule has 122 valence electrons. The molecule has 0 bridgehead atoms. The fourth-order valence-corrected chi connectivity index (χ4v) is 2.94. The summed E-state index contributed by atoms with van der Waals surface area (Å²) < 4.78 is 5.06. The number of aromatic amines is 1. The smallest absolute Gasteiger partial charge is 0.256 e. The number of H-pyrrole nitrogens is 1. The summed E-state index contributed by atoms with van der Waals surface area (Å²) >= 11 is 0. The number of carbonyl (C=O) groups is 1. The van der Waals surface area contributed by atoms with Crippen LogP contribution in [0.15, 0.2) is 18.5 Å². The highest BCUT2D eigenvalue weighted by Crippen LogP contribution is 2.30. The summed E-state index contributed by atoms with van der Waals surface area (Å²) in [7, 11) is 1.61. The predicted molar refractivity (Wildman–Crippen MR) is 83.7 cm³/mol. The van der Waals surface area contributed by atoms with E-state index < -0.39 is 0 Å². The zero-order chi connectivity index (χ0) is 16.2. The van der Waals surface area contributed by atoms with Gasteiger partial charge in [-0.1, -0.05) is 0 Å². The zero-order valence-electron chi connectivity index (χ0n) is 13.5. The zero-order valence-corrected chi connectivity index (χ0v) is 13.5. The number of pyridine rings is 1. The molecule has 1 aliphatic heterocycles. The second-order valence-corrected chi connectivity index (χ2v) is 5.83. The number of methoxy groups -OCH3 is 1. The normalized spacial score (nSPS) is 18.2. The van der Waals surface area contributed by atoms with Crippen LogP contribution >= 0.6 is 0 Å². The minimum Gasteiger partial charge on any atom is -0.377 e. The number of aromatic nitrogens is 4. The Bertz CT molecular complexity index is 685. The van der Waals surface area contributed by atoms with Gasteiger partial charge in [-0.05, 0) is 37.8 Å². The highest BCUT2D eigenvalue weighted by molar-refractivity contribution is 5.94. The molecular formula is C16H21N5O2. The molecule has 7 heteroatoms. The van der Waals surface area contributed by atoms with Crippen molar-refractivity contribution in [2.45, 2.75) is 38.8 Å². The number of nitrogens with zero attached hydrogens (tertiary/aromatic N) is 4. The van der Waals surface area contributed by atoms with Gasteiger partial charge < -0.3 is 9.64 Å². The van der Waals surface area contributed by atoms with Gasteiger partial charge in [0.15, 0.2) is 11.6 Å². The number of ether oxygens (including phenoxy) is 1. The number of likely N-dealkylation sites (tertiary alicyclic amines) is 1. The van der Waals surface area contributed by atoms with Crippen LogP contribution in [0.4, 0.5) is 0 Å². The Labute approximate surface area is 135 Å². The number of aryl methyl sites for hydroxylation is 1. The van der Waals surface area contributed by atoms with Crippen molar-refractivity contribution in [3.05, 3.63) is 41.2 Å². The second kappa shape index (κ2) is 6.87. The molecule has 0 spiro atoms. The Morgan fingerprint density at radius 3 is 3.09 bits per heavy atom. The molecule has 7 nitrogen and oxygen atoms in total. The van der Waals surface area contributed by atoms with Gasteiger partial charge in [0.25, 0.3) is 5.91 Å². The van der Waals surface area contributed by atoms with Crippen molar-refractivity contribution in [2.75, 3.05) is 13.7 Å². The lowest BCUT2D eigenvalue weighted by molar-refractivity contribution is 0.0599. The van der Waals surface area contributed by atoms with Crippen LogP contribution in [-0.4, -0.2) is 44.6 Å². The molecule has 3 rings (SSSR count). The van der Waals surface area contributed by atoms with E-state index in [0.29, 0.717) is 30.4 Å². The van der Waals surface area contributed by atoms with Crippen LogP contribution in [0, 0.1) is 6.92 Å². The summed E-state index contributed by atoms with van der Waals surface area (Å²) in [6.07, 6.45) is 6.30. The summed E-state index contributed by atoms with van der Waals surface area (Å²) in [5, 5.41) is 7.15. The fraction of sp³-hybridized carbons (Fsp3) is 0.500. The van der Waals surface area contributed by atoms with Crippen molar-refractivity contribution in [1.29, 1.82) is 0 Å². The monoisotopic (exact) mass is 315 g/mol. The maximum Gasteiger partial charge on any atom is 0.256 e. The molecule has 1 unspecified atom stereocenters. The molecule has 1 saturated heterocycles. The molecule has 1 fully saturated rings. The number of amides is 1. The van der Waals surface area contributed by atoms with Crippen molar-refractivity contribution < 1.29 is 9.53 Å². The molecule has 2 aromatic heterocycles. The van der Waals surface area contributed by atoms with Gasteiger partial charge in [0.05, 0.1) is 11.6 Å². The Kier molecular flexibility index (Phi) is 4.66. The molecule has 1 amide bonds. The van der Waals surface area contributed by atoms with E-state index in [1.165, 1.54) is 0 Å². The average molecular weight is 315 g/mol. The first-order chi connectivity index (χ1) is 11.2. The van der Waals surface area contributed by atoms with E-state index in [2.05, 4.69) is 20.2 Å². The van der Waals surface area contributed by atoms with Gasteiger partial charge in [-0.25, -0.2) is 4.98 Å². The van der Waals surface area contributed by atoms with E-state index in [4.69, 9.17) is 4.74 Å². The van der Waals surface area contributed by atoms with Crippen molar-refractivity contribution in [3.8, 4) is 0 Å². The van der Waals surface area contributed by atoms with Crippen molar-refractivity contribution in [3.63, 3.8) is 0 Å². The molecule has 1 aliphatic rings. The van der Waals surface area contributed by atoms with E-state index in [0.717, 1.165) is 24.8 Å². The molecule has 23 heavy (non-hydrogen) atoms. The Morgan fingerprint density at radius 1 is 1.43 bits per heavy atom. The van der Waals surface area contributed by atoms with Crippen LogP contribution in [0.1, 0.15) is 52.9 Å². The standard InChI is InChI=1S/C16H21N5O2/c1-11-7-12(9-17-8-11)16(22)21-6-4-3-5-13(21)15-18-14(10-23-2)19-20-15/h7-9,13H,3-6,10H2,1-2H3,(H,18,19,20). The highest BCUT2D eigenvalue weighted by Gasteiger charge is 2.31. The van der Waals surface area contributed by atoms with Gasteiger partial charge in [-0.3, -0.25) is 14.9 Å². The molecule has 0 radical (unpaired) electrons. The number of rotatable bonds is 4. The fourth-order valence-electron chi connectivity index (χ4n) is 2.94. The van der Waals surface area contributed by atoms with E-state index in [1.807, 2.05) is 17.9 Å². The molecule has 1 N–H and O–H groups in total. The first kappa shape index (κ1) is 15.6. The summed E-state index contributed by atoms with van der Waals surface area (Å²) in [4.78, 5) is 23.3. The lowest BCUT2D eigenvalue weighted by Gasteiger charge is -2.34. The van der Waals surface area contributed by atoms with Gasteiger partial charge in [0.2, 0.25) is 0 Å². The number of hydrogen-bond acceptors (Lipinski definition) is 5. The largest absolute Gasteiger partial charge is 0.377 e. The summed E-state index contributed by atoms with van der Waals surface area (Å²) in [5.74, 6) is 1.33. The second-order valence-electron chi connectivity index (χ2n) is 5.83. The lowest BCUT2D eigenvalue weighted by atomic mass is 10.0. The Balaban J connectivity index is 1.84. The predicted octanol–water partition coefficient (Wildman–Crippen LogP) is 2.02. The highest BCUT2D eigenvalue weighted by atomic mass is 16.5. The SMILES string of the molecule is COCc1nc(C2CCCCN2C(=O)c2cncc(C)c2)n[nH]1. The molecular weight excluding hydrogens is 294 g/mol. The molecule has 0 aliphatic carbocycles. The first-order valence-electron chi connectivity index (χ1n) is 7.82. The third-order valence-corrected chi connectivity index (χ3v) is 4.01. The van der Waals surface area contributed by atoms with Crippen LogP contribution in [0.25, 0.3) is 0 Å². The van der Waals surface area contributed by atoms with Gasteiger partial charge in [0.1, 0.15) is 6.61 Å². The summed E-state index contributed by atoms with van der Waals surface area (Å²) in [6, 6.07) is 1.77. The molecule has 0 saturated carbocycles. The molecule has 3 heterocycles. The van der Waals surface area contributed by atoms with Crippen LogP contribution in [0.3, 0.4) is 0 Å². The van der Waals surface area contributed by atoms with Crippen LogP contribution in [0.5, 0.6) is 0 Å². The third kappa shape index (κ3) is 3.39. The first-order valence-corrected chi connectivity index (χ1v) is 7.82. The summed E-state index contributed by atoms with van der Waals surface area (Å²) in [6.45, 7) is 3.03. The lowest BCUT2D eigenvalue weighted by Crippen LogP contribution is -2.39. The summed E-state index contributed by atoms with van der Waals surface area (Å²) in [5.41, 5.74) is 1.59. The van der Waals surface area contributed by atoms with Crippen LogP contribution in [-0.2, 0) is 11.3 Å². The Morgan fingerprint density at radius 2 is 2.30 bits per heavy atom. The van der Waals surface area contributed by atoms with E-state index in [9.17, 15) is 4.79 Å². The minimum absolute atomic E-state index is 0.0102. The number of nitrogens with one attached hydrogen (secondary N) is 1. The minimum atomic E-state index is -0.0985. The Hall–Kier alpha value is -2.28. The quantitative estimate of drug-likeness (QED) is 0.933. The van der Waals surface area contributed by atoms with Gasteiger partial charge >= 0.3 is 0 Å². The van der Waals surface area contributed by atoms with E-state index in [-0.39, 0.29) is 11.9 Å². The molecule has 1 atom stereocenters. The third-order valence-electron chi connectivity index (χ3n) is 4.01. The number of carbonyl (C=O) groups excluding carboxylic acids is 1. The number of hydrogen-bond donors (Lipinski definition) is 1. The van der Waals surface area contributed by atoms with E-state index in [1.54, 1.807) is 19.5 Å². The van der Waals surface area contributed by atoms with E-state index >= 15 is 0 Å². The molecule has 0 aromatic carbocycles.